The van der Waals surface area contributed by atoms with Gasteiger partial charge in [-0.25, -0.2) is 0 Å². The van der Waals surface area contributed by atoms with Gasteiger partial charge in [0.25, 0.3) is 0 Å². The number of carbonyl (C=O) groups is 1. The number of nitrogens with one attached hydrogen (secondary N) is 1. The molecule has 5 nitrogen and oxygen atoms in total. The van der Waals surface area contributed by atoms with Gasteiger partial charge < -0.3 is 10.1 Å². The Balaban J connectivity index is 2.66. The summed E-state index contributed by atoms with van der Waals surface area (Å²) in [6.45, 7) is 2.79. The van der Waals surface area contributed by atoms with E-state index in [-0.39, 0.29) is 5.97 Å². The maximum atomic E-state index is 11.0. The molecule has 1 heterocycles. The molecule has 0 aliphatic rings. The van der Waals surface area contributed by atoms with Crippen LogP contribution in [0.4, 0.5) is 0 Å². The van der Waals surface area contributed by atoms with Crippen LogP contribution in [0.25, 0.3) is 0 Å². The van der Waals surface area contributed by atoms with Crippen molar-refractivity contribution in [2.45, 2.75) is 24.9 Å². The first-order chi connectivity index (χ1) is 8.10. The molecule has 17 heavy (non-hydrogen) atoms. The van der Waals surface area contributed by atoms with Crippen LogP contribution in [0.2, 0.25) is 0 Å². The van der Waals surface area contributed by atoms with E-state index in [1.54, 1.807) is 11.8 Å². The average molecular weight is 257 g/mol. The van der Waals surface area contributed by atoms with Gasteiger partial charge in [0.05, 0.1) is 24.3 Å². The third kappa shape index (κ3) is 3.74. The lowest BCUT2D eigenvalue weighted by Gasteiger charge is -2.05. The van der Waals surface area contributed by atoms with Crippen LogP contribution in [0.3, 0.4) is 0 Å². The maximum Gasteiger partial charge on any atom is 0.306 e. The van der Waals surface area contributed by atoms with Crippen LogP contribution >= 0.6 is 11.8 Å². The van der Waals surface area contributed by atoms with Crippen molar-refractivity contribution in [1.82, 2.24) is 15.1 Å². The molecule has 0 aliphatic carbocycles. The SMILES string of the molecule is CNCc1c(C)nn(C)c1SCCC(=O)OC. The molecule has 0 bridgehead atoms. The molecule has 96 valence electrons. The highest BCUT2D eigenvalue weighted by Crippen LogP contribution is 2.25. The van der Waals surface area contributed by atoms with Crippen LogP contribution in [0.15, 0.2) is 5.03 Å². The zero-order valence-electron chi connectivity index (χ0n) is 10.7. The molecule has 1 N–H and O–H groups in total. The van der Waals surface area contributed by atoms with Crippen LogP contribution in [-0.4, -0.2) is 35.7 Å². The maximum absolute atomic E-state index is 11.0. The smallest absolute Gasteiger partial charge is 0.306 e. The minimum atomic E-state index is -0.174. The van der Waals surface area contributed by atoms with Crippen LogP contribution in [0, 0.1) is 6.92 Å². The van der Waals surface area contributed by atoms with Gasteiger partial charge >= 0.3 is 5.97 Å². The number of esters is 1. The molecule has 0 saturated heterocycles. The van der Waals surface area contributed by atoms with E-state index >= 15 is 0 Å². The fourth-order valence-corrected chi connectivity index (χ4v) is 2.66. The fourth-order valence-electron chi connectivity index (χ4n) is 1.57. The summed E-state index contributed by atoms with van der Waals surface area (Å²) < 4.78 is 6.48. The van der Waals surface area contributed by atoms with Crippen molar-refractivity contribution >= 4 is 17.7 Å². The fraction of sp³-hybridized carbons (Fsp3) is 0.636. The summed E-state index contributed by atoms with van der Waals surface area (Å²) in [5.74, 6) is 0.536. The molecular formula is C11H19N3O2S. The van der Waals surface area contributed by atoms with Crippen molar-refractivity contribution < 1.29 is 9.53 Å². The summed E-state index contributed by atoms with van der Waals surface area (Å²) in [6, 6.07) is 0. The predicted octanol–water partition coefficient (Wildman–Crippen LogP) is 1.10. The van der Waals surface area contributed by atoms with Crippen LogP contribution in [0.1, 0.15) is 17.7 Å². The lowest BCUT2D eigenvalue weighted by atomic mass is 10.3. The van der Waals surface area contributed by atoms with E-state index in [2.05, 4.69) is 15.2 Å². The average Bonchev–Trinajstić information content (AvgIpc) is 2.56. The minimum absolute atomic E-state index is 0.174. The summed E-state index contributed by atoms with van der Waals surface area (Å²) in [5.41, 5.74) is 2.23. The van der Waals surface area contributed by atoms with Crippen molar-refractivity contribution in [2.24, 2.45) is 7.05 Å². The van der Waals surface area contributed by atoms with E-state index in [1.165, 1.54) is 12.7 Å². The van der Waals surface area contributed by atoms with Gasteiger partial charge in [-0.3, -0.25) is 9.48 Å². The molecule has 6 heteroatoms. The Morgan fingerprint density at radius 2 is 2.29 bits per heavy atom. The molecule has 0 aromatic carbocycles. The van der Waals surface area contributed by atoms with Gasteiger partial charge in [-0.1, -0.05) is 0 Å². The second-order valence-corrected chi connectivity index (χ2v) is 4.78. The minimum Gasteiger partial charge on any atom is -0.469 e. The lowest BCUT2D eigenvalue weighted by molar-refractivity contribution is -0.140. The first-order valence-electron chi connectivity index (χ1n) is 5.46. The van der Waals surface area contributed by atoms with E-state index in [1.807, 2.05) is 25.7 Å². The lowest BCUT2D eigenvalue weighted by Crippen LogP contribution is -2.07. The van der Waals surface area contributed by atoms with Gasteiger partial charge in [-0.2, -0.15) is 5.10 Å². The first-order valence-corrected chi connectivity index (χ1v) is 6.45. The first kappa shape index (κ1) is 14.1. The number of carbonyl (C=O) groups excluding carboxylic acids is 1. The molecule has 0 aliphatic heterocycles. The largest absolute Gasteiger partial charge is 0.469 e. The Bertz CT molecular complexity index is 390. The number of methoxy groups -OCH3 is 1. The molecule has 0 saturated carbocycles. The molecule has 1 aromatic heterocycles. The summed E-state index contributed by atoms with van der Waals surface area (Å²) in [6.07, 6.45) is 0.421. The third-order valence-corrected chi connectivity index (χ3v) is 3.61. The zero-order valence-corrected chi connectivity index (χ0v) is 11.6. The Labute approximate surface area is 106 Å². The highest BCUT2D eigenvalue weighted by atomic mass is 32.2. The number of hydrogen-bond donors (Lipinski definition) is 1. The number of nitrogens with zero attached hydrogens (tertiary/aromatic N) is 2. The van der Waals surface area contributed by atoms with Crippen molar-refractivity contribution in [3.05, 3.63) is 11.3 Å². The van der Waals surface area contributed by atoms with Gasteiger partial charge in [0.15, 0.2) is 0 Å². The van der Waals surface area contributed by atoms with Gasteiger partial charge in [-0.05, 0) is 14.0 Å². The molecule has 0 atom stereocenters. The summed E-state index contributed by atoms with van der Waals surface area (Å²) in [7, 11) is 5.25. The van der Waals surface area contributed by atoms with Crippen molar-refractivity contribution in [3.63, 3.8) is 0 Å². The summed E-state index contributed by atoms with van der Waals surface area (Å²) in [5, 5.41) is 8.63. The monoisotopic (exact) mass is 257 g/mol. The van der Waals surface area contributed by atoms with E-state index in [9.17, 15) is 4.79 Å². The van der Waals surface area contributed by atoms with Gasteiger partial charge in [0, 0.05) is 24.9 Å². The molecule has 0 spiro atoms. The second-order valence-electron chi connectivity index (χ2n) is 3.70. The quantitative estimate of drug-likeness (QED) is 0.611. The van der Waals surface area contributed by atoms with Crippen molar-refractivity contribution in [3.8, 4) is 0 Å². The second kappa shape index (κ2) is 6.66. The van der Waals surface area contributed by atoms with Crippen molar-refractivity contribution in [2.75, 3.05) is 19.9 Å². The molecule has 0 fully saturated rings. The molecular weight excluding hydrogens is 238 g/mol. The topological polar surface area (TPSA) is 56.2 Å². The highest BCUT2D eigenvalue weighted by Gasteiger charge is 2.13. The predicted molar refractivity (Wildman–Crippen MR) is 68.1 cm³/mol. The molecule has 1 rings (SSSR count). The third-order valence-electron chi connectivity index (χ3n) is 2.42. The summed E-state index contributed by atoms with van der Waals surface area (Å²) in [4.78, 5) is 11.0. The van der Waals surface area contributed by atoms with Crippen LogP contribution in [-0.2, 0) is 23.1 Å². The van der Waals surface area contributed by atoms with E-state index in [4.69, 9.17) is 0 Å². The van der Waals surface area contributed by atoms with Crippen molar-refractivity contribution in [1.29, 1.82) is 0 Å². The normalized spacial score (nSPS) is 10.6. The van der Waals surface area contributed by atoms with Crippen LogP contribution in [0.5, 0.6) is 0 Å². The number of aryl methyl sites for hydroxylation is 2. The Morgan fingerprint density at radius 3 is 2.88 bits per heavy atom. The zero-order chi connectivity index (χ0) is 12.8. The Hall–Kier alpha value is -1.01. The van der Waals surface area contributed by atoms with E-state index in [0.29, 0.717) is 12.2 Å². The number of thioether (sulfide) groups is 1. The summed E-state index contributed by atoms with van der Waals surface area (Å²) >= 11 is 1.64. The molecule has 0 radical (unpaired) electrons. The van der Waals surface area contributed by atoms with E-state index < -0.39 is 0 Å². The van der Waals surface area contributed by atoms with E-state index in [0.717, 1.165) is 17.3 Å². The number of hydrogen-bond acceptors (Lipinski definition) is 5. The molecule has 0 unspecified atom stereocenters. The van der Waals surface area contributed by atoms with Gasteiger partial charge in [-0.15, -0.1) is 11.8 Å². The number of ether oxygens (including phenoxy) is 1. The van der Waals surface area contributed by atoms with Crippen LogP contribution < -0.4 is 5.32 Å². The molecule has 0 amide bonds. The number of aromatic nitrogens is 2. The highest BCUT2D eigenvalue weighted by molar-refractivity contribution is 7.99. The van der Waals surface area contributed by atoms with Gasteiger partial charge in [0.1, 0.15) is 0 Å². The Kier molecular flexibility index (Phi) is 5.50. The van der Waals surface area contributed by atoms with Gasteiger partial charge in [0.2, 0.25) is 0 Å². The number of rotatable bonds is 6. The Morgan fingerprint density at radius 1 is 1.59 bits per heavy atom. The standard InChI is InChI=1S/C11H19N3O2S/c1-8-9(7-12-2)11(14(3)13-8)17-6-5-10(15)16-4/h12H,5-7H2,1-4H3. The molecule has 1 aromatic rings.